The second-order valence-electron chi connectivity index (χ2n) is 1.43. The second-order valence-corrected chi connectivity index (χ2v) is 1.43. The van der Waals surface area contributed by atoms with Gasteiger partial charge < -0.3 is 5.92 Å². The fraction of sp³-hybridized carbons (Fsp3) is 0.462. The lowest BCUT2D eigenvalue weighted by Crippen LogP contribution is -1.29. The van der Waals surface area contributed by atoms with Crippen molar-refractivity contribution in [1.82, 2.24) is 0 Å². The van der Waals surface area contributed by atoms with Crippen molar-refractivity contribution in [2.75, 3.05) is 0 Å². The van der Waals surface area contributed by atoms with Gasteiger partial charge >= 0.3 is 1.43 Å². The van der Waals surface area contributed by atoms with Gasteiger partial charge in [0.05, 0.1) is 0 Å². The molecular weight excluding hydrogens is 156 g/mol. The molecule has 0 heterocycles. The minimum atomic E-state index is 0. The van der Waals surface area contributed by atoms with E-state index in [1.807, 2.05) is 27.7 Å². The van der Waals surface area contributed by atoms with Gasteiger partial charge in [-0.25, -0.2) is 0 Å². The predicted octanol–water partition coefficient (Wildman–Crippen LogP) is 5.37. The Morgan fingerprint density at radius 3 is 0.923 bits per heavy atom. The van der Waals surface area contributed by atoms with E-state index in [0.29, 0.717) is 0 Å². The van der Waals surface area contributed by atoms with Gasteiger partial charge in [0.15, 0.2) is 0 Å². The predicted molar refractivity (Wildman–Crippen MR) is 79.7 cm³/mol. The molecule has 0 heteroatoms. The first-order chi connectivity index (χ1) is 5.74. The van der Waals surface area contributed by atoms with Crippen LogP contribution in [0.5, 0.6) is 0 Å². The van der Waals surface area contributed by atoms with Gasteiger partial charge in [-0.1, -0.05) is 14.4 Å². The van der Waals surface area contributed by atoms with E-state index in [4.69, 9.17) is 0 Å². The van der Waals surface area contributed by atoms with Crippen molar-refractivity contribution in [3.63, 3.8) is 0 Å². The zero-order chi connectivity index (χ0) is 10.2. The average Bonchev–Trinajstić information content (AvgIpc) is 2.18. The van der Waals surface area contributed by atoms with Crippen LogP contribution in [0.15, 0.2) is 0 Å². The summed E-state index contributed by atoms with van der Waals surface area (Å²) in [6, 6.07) is 0. The van der Waals surface area contributed by atoms with Gasteiger partial charge in [-0.05, 0) is 27.7 Å². The highest BCUT2D eigenvalue weighted by Crippen LogP contribution is 1.39. The van der Waals surface area contributed by atoms with E-state index in [1.165, 1.54) is 0 Å². The summed E-state index contributed by atoms with van der Waals surface area (Å²) < 4.78 is 0. The minimum absolute atomic E-state index is 0. The fourth-order valence-electron chi connectivity index (χ4n) is 0. The van der Waals surface area contributed by atoms with Crippen LogP contribution in [-0.2, 0) is 0 Å². The maximum atomic E-state index is 3.24. The molecule has 0 rings (SSSR count). The third kappa shape index (κ3) is 321. The fourth-order valence-corrected chi connectivity index (χ4v) is 0. The Morgan fingerprint density at radius 1 is 0.769 bits per heavy atom. The van der Waals surface area contributed by atoms with Gasteiger partial charge in [0.25, 0.3) is 0 Å². The summed E-state index contributed by atoms with van der Waals surface area (Å²) in [7, 11) is 0. The molecule has 0 aliphatic heterocycles. The molecule has 0 atom stereocenters. The third-order valence-corrected chi connectivity index (χ3v) is 0.677. The van der Waals surface area contributed by atoms with Crippen LogP contribution in [0.1, 0.15) is 53.5 Å². The Morgan fingerprint density at radius 2 is 0.923 bits per heavy atom. The summed E-state index contributed by atoms with van der Waals surface area (Å²) in [4.78, 5) is 0. The largest absolute Gasteiger partial charge is 1.00 e. The average molecular weight is 192 g/mol. The number of hydrogen-bond acceptors (Lipinski definition) is 0. The van der Waals surface area contributed by atoms with E-state index >= 15 is 0 Å². The van der Waals surface area contributed by atoms with E-state index < -0.39 is 0 Å². The van der Waals surface area contributed by atoms with E-state index in [1.54, 1.807) is 6.92 Å². The number of hydrogen-bond donors (Lipinski definition) is 0. The second kappa shape index (κ2) is 46.5. The van der Waals surface area contributed by atoms with Gasteiger partial charge in [-0.3, -0.25) is 5.92 Å². The molecule has 0 N–H and O–H groups in total. The van der Waals surface area contributed by atoms with Gasteiger partial charge in [0.2, 0.25) is 0 Å². The third-order valence-electron chi connectivity index (χ3n) is 0.677. The van der Waals surface area contributed by atoms with E-state index in [0.717, 1.165) is 0 Å². The van der Waals surface area contributed by atoms with Crippen molar-refractivity contribution in [2.45, 2.75) is 42.0 Å². The Kier molecular flexibility index (Phi) is 80.6. The van der Waals surface area contributed by atoms with Gasteiger partial charge in [0.1, 0.15) is 0 Å². The summed E-state index contributed by atoms with van der Waals surface area (Å²) in [5, 5.41) is 0. The molecule has 13 heavy (non-hydrogen) atoms. The molecule has 0 nitrogen and oxygen atoms in total. The summed E-state index contributed by atoms with van der Waals surface area (Å²) in [5.41, 5.74) is 0. The summed E-state index contributed by atoms with van der Waals surface area (Å²) in [5.74, 6) is 15.7. The molecule has 0 aliphatic rings. The lowest BCUT2D eigenvalue weighted by Gasteiger charge is -1.59. The maximum absolute atomic E-state index is 3.24. The highest BCUT2D eigenvalue weighted by molar-refractivity contribution is 4.97. The topological polar surface area (TPSA) is 0 Å². The van der Waals surface area contributed by atoms with Crippen molar-refractivity contribution >= 4 is 0 Å². The lowest BCUT2D eigenvalue weighted by atomic mass is 10.7. The first kappa shape index (κ1) is 22.6. The Bertz CT molecular complexity index is 173. The summed E-state index contributed by atoms with van der Waals surface area (Å²) >= 11 is 0. The standard InChI is InChI=1S/2C4H6.C4H5.CH4.7H2/c3*1-3-4-2;;;;;;;;/h2*1-2H3;1H2,2H3;1H4;7*1H/q;;-1;;;;;;;;/p+1. The minimum Gasteiger partial charge on any atom is -0.331 e. The van der Waals surface area contributed by atoms with E-state index in [9.17, 15) is 0 Å². The van der Waals surface area contributed by atoms with E-state index in [-0.39, 0.29) is 18.8 Å². The van der Waals surface area contributed by atoms with E-state index in [2.05, 4.69) is 42.4 Å². The van der Waals surface area contributed by atoms with Crippen LogP contribution < -0.4 is 0 Å². The Balaban J connectivity index is -0.00000000476. The highest BCUT2D eigenvalue weighted by Gasteiger charge is 1.27. The first-order valence-corrected chi connectivity index (χ1v) is 3.60. The molecule has 0 fully saturated rings. The van der Waals surface area contributed by atoms with Gasteiger partial charge in [0, 0.05) is 9.99 Å². The molecule has 0 aliphatic carbocycles. The maximum Gasteiger partial charge on any atom is 1.00 e. The quantitative estimate of drug-likeness (QED) is 0.357. The SMILES string of the molecule is C.CC#CC.CC#CC.[CH2-]C#CC.[H+].[HH].[HH].[HH].[HH].[HH].[HH].[HH]. The van der Waals surface area contributed by atoms with Crippen molar-refractivity contribution < 1.29 is 11.4 Å². The molecule has 0 aromatic carbocycles. The van der Waals surface area contributed by atoms with Crippen LogP contribution >= 0.6 is 0 Å². The van der Waals surface area contributed by atoms with Crippen molar-refractivity contribution in [3.05, 3.63) is 6.92 Å². The highest BCUT2D eigenvalue weighted by atomic mass is 13.3. The van der Waals surface area contributed by atoms with Gasteiger partial charge in [-0.2, -0.15) is 6.92 Å². The molecule has 0 aromatic heterocycles. The molecule has 0 saturated heterocycles. The van der Waals surface area contributed by atoms with Crippen molar-refractivity contribution in [2.24, 2.45) is 0 Å². The molecule has 0 bridgehead atoms. The molecule has 0 unspecified atom stereocenters. The van der Waals surface area contributed by atoms with Crippen molar-refractivity contribution in [1.29, 1.82) is 0 Å². The van der Waals surface area contributed by atoms with Crippen LogP contribution in [0.4, 0.5) is 0 Å². The number of rotatable bonds is 0. The monoisotopic (exact) mass is 192 g/mol. The smallest absolute Gasteiger partial charge is 0.331 e. The Labute approximate surface area is 97.0 Å². The molecule has 0 spiro atoms. The first-order valence-electron chi connectivity index (χ1n) is 3.60. The van der Waals surface area contributed by atoms with Crippen LogP contribution in [-0.4, -0.2) is 0 Å². The molecule has 88 valence electrons. The molecular formula is C13H36. The summed E-state index contributed by atoms with van der Waals surface area (Å²) in [6.07, 6.45) is 0. The van der Waals surface area contributed by atoms with Crippen molar-refractivity contribution in [3.8, 4) is 35.5 Å². The van der Waals surface area contributed by atoms with Crippen LogP contribution in [0.25, 0.3) is 0 Å². The van der Waals surface area contributed by atoms with Crippen LogP contribution in [0.3, 0.4) is 0 Å². The molecule has 0 amide bonds. The molecule has 0 radical (unpaired) electrons. The normalized spacial score (nSPS) is 3.15. The van der Waals surface area contributed by atoms with Crippen LogP contribution in [0, 0.1) is 42.4 Å². The summed E-state index contributed by atoms with van der Waals surface area (Å²) in [6.45, 7) is 12.3. The zero-order valence-corrected chi connectivity index (χ0v) is 8.71. The molecule has 0 saturated carbocycles. The van der Waals surface area contributed by atoms with Crippen LogP contribution in [0.2, 0.25) is 0 Å². The zero-order valence-electron chi connectivity index (χ0n) is 9.71. The molecule has 0 aromatic rings. The lowest BCUT2D eigenvalue weighted by molar-refractivity contribution is 1.83. The van der Waals surface area contributed by atoms with Gasteiger partial charge in [-0.15, -0.1) is 23.7 Å². The Hall–Kier alpha value is -1.45.